The Hall–Kier alpha value is 0.630. The van der Waals surface area contributed by atoms with Crippen molar-refractivity contribution in [3.8, 4) is 0 Å². The number of rotatable bonds is 1. The quantitative estimate of drug-likeness (QED) is 0.680. The van der Waals surface area contributed by atoms with Crippen molar-refractivity contribution in [2.45, 2.75) is 31.5 Å². The van der Waals surface area contributed by atoms with Gasteiger partial charge in [0.2, 0.25) is 0 Å². The third-order valence-electron chi connectivity index (χ3n) is 4.46. The first-order valence-corrected chi connectivity index (χ1v) is 6.75. The first-order chi connectivity index (χ1) is 5.97. The maximum absolute atomic E-state index is 12.0. The fraction of sp³-hybridized carbons (Fsp3) is 0.900. The lowest BCUT2D eigenvalue weighted by Crippen LogP contribution is -2.36. The van der Waals surface area contributed by atoms with Crippen LogP contribution in [0, 0.1) is 16.7 Å². The van der Waals surface area contributed by atoms with Crippen LogP contribution < -0.4 is 0 Å². The SMILES string of the molecule is C[C@@]12CC[C@H]([C@H](Br)C1=O)[C@@]2(C)CBr. The van der Waals surface area contributed by atoms with Gasteiger partial charge in [0, 0.05) is 10.7 Å². The highest BCUT2D eigenvalue weighted by molar-refractivity contribution is 9.10. The second kappa shape index (κ2) is 2.82. The number of carbonyl (C=O) groups is 1. The Morgan fingerprint density at radius 3 is 2.46 bits per heavy atom. The van der Waals surface area contributed by atoms with Gasteiger partial charge in [-0.2, -0.15) is 0 Å². The molecule has 0 saturated heterocycles. The smallest absolute Gasteiger partial charge is 0.153 e. The van der Waals surface area contributed by atoms with Crippen molar-refractivity contribution >= 4 is 37.6 Å². The molecule has 13 heavy (non-hydrogen) atoms. The number of alkyl halides is 2. The standard InChI is InChI=1S/C10H14Br2O/c1-9-4-3-6(7(12)8(9)13)10(9,2)5-11/h6-7H,3-5H2,1-2H3/t6-,7+,9-,10-/m1/s1. The van der Waals surface area contributed by atoms with Crippen LogP contribution in [0.4, 0.5) is 0 Å². The summed E-state index contributed by atoms with van der Waals surface area (Å²) < 4.78 is 0. The number of hydrogen-bond acceptors (Lipinski definition) is 1. The fourth-order valence-electron chi connectivity index (χ4n) is 3.07. The van der Waals surface area contributed by atoms with E-state index in [1.165, 1.54) is 6.42 Å². The van der Waals surface area contributed by atoms with Crippen LogP contribution in [0.15, 0.2) is 0 Å². The largest absolute Gasteiger partial charge is 0.298 e. The maximum atomic E-state index is 12.0. The highest BCUT2D eigenvalue weighted by atomic mass is 79.9. The number of carbonyl (C=O) groups excluding carboxylic acids is 1. The zero-order valence-corrected chi connectivity index (χ0v) is 11.1. The van der Waals surface area contributed by atoms with Gasteiger partial charge in [-0.15, -0.1) is 0 Å². The van der Waals surface area contributed by atoms with Gasteiger partial charge >= 0.3 is 0 Å². The van der Waals surface area contributed by atoms with E-state index in [4.69, 9.17) is 0 Å². The maximum Gasteiger partial charge on any atom is 0.153 e. The van der Waals surface area contributed by atoms with Gasteiger partial charge in [0.05, 0.1) is 4.83 Å². The Balaban J connectivity index is 2.49. The average Bonchev–Trinajstić information content (AvgIpc) is 2.44. The summed E-state index contributed by atoms with van der Waals surface area (Å²) in [7, 11) is 0. The lowest BCUT2D eigenvalue weighted by Gasteiger charge is -2.34. The van der Waals surface area contributed by atoms with Gasteiger partial charge in [-0.05, 0) is 24.2 Å². The third-order valence-corrected chi connectivity index (χ3v) is 6.68. The summed E-state index contributed by atoms with van der Waals surface area (Å²) >= 11 is 7.11. The Bertz CT molecular complexity index is 266. The first-order valence-electron chi connectivity index (χ1n) is 4.72. The van der Waals surface area contributed by atoms with Crippen molar-refractivity contribution in [3.05, 3.63) is 0 Å². The summed E-state index contributed by atoms with van der Waals surface area (Å²) in [5.74, 6) is 0.954. The molecule has 2 aliphatic rings. The molecular formula is C10H14Br2O. The highest BCUT2D eigenvalue weighted by Crippen LogP contribution is 2.65. The molecule has 2 saturated carbocycles. The number of fused-ring (bicyclic) bond motifs is 2. The summed E-state index contributed by atoms with van der Waals surface area (Å²) in [6, 6.07) is 0. The number of hydrogen-bond donors (Lipinski definition) is 0. The Morgan fingerprint density at radius 2 is 2.15 bits per heavy atom. The summed E-state index contributed by atoms with van der Waals surface area (Å²) in [6.07, 6.45) is 2.26. The van der Waals surface area contributed by atoms with Crippen LogP contribution in [0.1, 0.15) is 26.7 Å². The second-order valence-electron chi connectivity index (χ2n) is 4.79. The molecule has 2 bridgehead atoms. The summed E-state index contributed by atoms with van der Waals surface area (Å²) in [5, 5.41) is 0.939. The molecule has 3 heteroatoms. The van der Waals surface area contributed by atoms with Crippen molar-refractivity contribution in [1.29, 1.82) is 0 Å². The monoisotopic (exact) mass is 308 g/mol. The van der Waals surface area contributed by atoms with E-state index >= 15 is 0 Å². The Kier molecular flexibility index (Phi) is 2.20. The van der Waals surface area contributed by atoms with Gasteiger partial charge in [-0.25, -0.2) is 0 Å². The Morgan fingerprint density at radius 1 is 1.54 bits per heavy atom. The minimum atomic E-state index is -0.0880. The van der Waals surface area contributed by atoms with Crippen LogP contribution >= 0.6 is 31.9 Å². The summed E-state index contributed by atoms with van der Waals surface area (Å²) in [4.78, 5) is 12.1. The van der Waals surface area contributed by atoms with E-state index in [2.05, 4.69) is 45.7 Å². The first kappa shape index (κ1) is 10.2. The van der Waals surface area contributed by atoms with Gasteiger partial charge < -0.3 is 0 Å². The molecule has 0 radical (unpaired) electrons. The zero-order valence-electron chi connectivity index (χ0n) is 7.94. The van der Waals surface area contributed by atoms with Gasteiger partial charge in [0.25, 0.3) is 0 Å². The molecule has 1 nitrogen and oxygen atoms in total. The minimum absolute atomic E-state index is 0.0880. The van der Waals surface area contributed by atoms with Gasteiger partial charge in [-0.3, -0.25) is 4.79 Å². The van der Waals surface area contributed by atoms with Crippen LogP contribution in [-0.4, -0.2) is 15.9 Å². The molecular weight excluding hydrogens is 296 g/mol. The zero-order chi connectivity index (χ0) is 9.85. The highest BCUT2D eigenvalue weighted by Gasteiger charge is 2.67. The van der Waals surface area contributed by atoms with E-state index in [1.807, 2.05) is 0 Å². The molecule has 4 atom stereocenters. The fourth-order valence-corrected chi connectivity index (χ4v) is 5.45. The van der Waals surface area contributed by atoms with E-state index in [-0.39, 0.29) is 15.7 Å². The molecule has 0 aromatic heterocycles. The molecule has 0 aliphatic heterocycles. The molecule has 0 amide bonds. The van der Waals surface area contributed by atoms with E-state index in [9.17, 15) is 4.79 Å². The molecule has 0 N–H and O–H groups in total. The molecule has 0 aromatic carbocycles. The van der Waals surface area contributed by atoms with E-state index < -0.39 is 0 Å². The molecule has 2 rings (SSSR count). The van der Waals surface area contributed by atoms with Crippen LogP contribution in [0.5, 0.6) is 0 Å². The lowest BCUT2D eigenvalue weighted by atomic mass is 9.70. The molecule has 0 heterocycles. The van der Waals surface area contributed by atoms with Crippen LogP contribution in [0.3, 0.4) is 0 Å². The molecule has 0 spiro atoms. The average molecular weight is 310 g/mol. The molecule has 0 aromatic rings. The van der Waals surface area contributed by atoms with Crippen LogP contribution in [0.2, 0.25) is 0 Å². The van der Waals surface area contributed by atoms with Crippen LogP contribution in [-0.2, 0) is 4.79 Å². The van der Waals surface area contributed by atoms with E-state index in [1.54, 1.807) is 0 Å². The number of halogens is 2. The van der Waals surface area contributed by atoms with Crippen molar-refractivity contribution in [3.63, 3.8) is 0 Å². The molecule has 2 fully saturated rings. The number of ketones is 1. The topological polar surface area (TPSA) is 17.1 Å². The lowest BCUT2D eigenvalue weighted by molar-refractivity contribution is -0.127. The van der Waals surface area contributed by atoms with Crippen molar-refractivity contribution in [1.82, 2.24) is 0 Å². The van der Waals surface area contributed by atoms with Crippen molar-refractivity contribution < 1.29 is 4.79 Å². The van der Waals surface area contributed by atoms with Gasteiger partial charge in [0.1, 0.15) is 0 Å². The predicted molar refractivity (Wildman–Crippen MR) is 60.5 cm³/mol. The van der Waals surface area contributed by atoms with Crippen LogP contribution in [0.25, 0.3) is 0 Å². The van der Waals surface area contributed by atoms with E-state index in [0.717, 1.165) is 11.8 Å². The second-order valence-corrected chi connectivity index (χ2v) is 6.34. The Labute approximate surface area is 95.9 Å². The normalized spacial score (nSPS) is 54.6. The molecule has 74 valence electrons. The van der Waals surface area contributed by atoms with Crippen molar-refractivity contribution in [2.75, 3.05) is 5.33 Å². The predicted octanol–water partition coefficient (Wildman–Crippen LogP) is 3.15. The molecule has 0 unspecified atom stereocenters. The summed E-state index contributed by atoms with van der Waals surface area (Å²) in [5.41, 5.74) is 0.0770. The summed E-state index contributed by atoms with van der Waals surface area (Å²) in [6.45, 7) is 4.39. The van der Waals surface area contributed by atoms with E-state index in [0.29, 0.717) is 11.7 Å². The minimum Gasteiger partial charge on any atom is -0.298 e. The van der Waals surface area contributed by atoms with Gasteiger partial charge in [-0.1, -0.05) is 45.7 Å². The molecule has 2 aliphatic carbocycles. The van der Waals surface area contributed by atoms with Gasteiger partial charge in [0.15, 0.2) is 5.78 Å². The third kappa shape index (κ3) is 0.956. The van der Waals surface area contributed by atoms with Crippen molar-refractivity contribution in [2.24, 2.45) is 16.7 Å². The number of Topliss-reactive ketones (excluding diaryl/α,β-unsaturated/α-hetero) is 1.